The number of nitrogens with one attached hydrogen (secondary N) is 2. The first kappa shape index (κ1) is 11.9. The lowest BCUT2D eigenvalue weighted by Crippen LogP contribution is -2.05. The van der Waals surface area contributed by atoms with Crippen molar-refractivity contribution >= 4 is 23.0 Å². The Hall–Kier alpha value is -1.62. The number of aryl methyl sites for hydroxylation is 2. The van der Waals surface area contributed by atoms with Gasteiger partial charge in [0.2, 0.25) is 0 Å². The van der Waals surface area contributed by atoms with Crippen molar-refractivity contribution in [3.63, 3.8) is 0 Å². The van der Waals surface area contributed by atoms with Gasteiger partial charge in [0, 0.05) is 19.7 Å². The third-order valence-electron chi connectivity index (χ3n) is 2.52. The van der Waals surface area contributed by atoms with Crippen LogP contribution in [-0.4, -0.2) is 17.0 Å². The second-order valence-corrected chi connectivity index (χ2v) is 4.61. The number of thiophene rings is 1. The van der Waals surface area contributed by atoms with Crippen molar-refractivity contribution in [1.29, 1.82) is 0 Å². The first-order valence-corrected chi connectivity index (χ1v) is 6.42. The smallest absolute Gasteiger partial charge is 0.132 e. The SMILES string of the molecule is CNc1cc(NCc2cscc2C)nc(C)n1. The highest BCUT2D eigenvalue weighted by atomic mass is 32.1. The second kappa shape index (κ2) is 5.14. The third kappa shape index (κ3) is 2.94. The number of rotatable bonds is 4. The maximum atomic E-state index is 4.35. The minimum Gasteiger partial charge on any atom is -0.373 e. The van der Waals surface area contributed by atoms with Crippen LogP contribution in [0.25, 0.3) is 0 Å². The molecule has 0 saturated heterocycles. The van der Waals surface area contributed by atoms with Crippen LogP contribution in [0.1, 0.15) is 17.0 Å². The van der Waals surface area contributed by atoms with E-state index in [9.17, 15) is 0 Å². The Morgan fingerprint density at radius 1 is 1.18 bits per heavy atom. The Kier molecular flexibility index (Phi) is 3.58. The van der Waals surface area contributed by atoms with Crippen LogP contribution in [0.4, 0.5) is 11.6 Å². The summed E-state index contributed by atoms with van der Waals surface area (Å²) in [5.41, 5.74) is 2.64. The summed E-state index contributed by atoms with van der Waals surface area (Å²) in [6.45, 7) is 4.81. The van der Waals surface area contributed by atoms with Gasteiger partial charge in [-0.15, -0.1) is 0 Å². The minimum atomic E-state index is 0.765. The van der Waals surface area contributed by atoms with E-state index in [4.69, 9.17) is 0 Å². The van der Waals surface area contributed by atoms with Gasteiger partial charge in [-0.05, 0) is 35.7 Å². The molecule has 90 valence electrons. The molecule has 2 aromatic heterocycles. The van der Waals surface area contributed by atoms with Gasteiger partial charge in [-0.2, -0.15) is 11.3 Å². The minimum absolute atomic E-state index is 0.765. The fourth-order valence-electron chi connectivity index (χ4n) is 1.54. The molecule has 0 amide bonds. The van der Waals surface area contributed by atoms with Crippen molar-refractivity contribution in [3.05, 3.63) is 33.8 Å². The molecule has 0 saturated carbocycles. The molecule has 0 aromatic carbocycles. The second-order valence-electron chi connectivity index (χ2n) is 3.87. The van der Waals surface area contributed by atoms with Crippen LogP contribution in [0.15, 0.2) is 16.8 Å². The Labute approximate surface area is 105 Å². The van der Waals surface area contributed by atoms with E-state index in [0.29, 0.717) is 0 Å². The quantitative estimate of drug-likeness (QED) is 0.873. The van der Waals surface area contributed by atoms with Crippen molar-refractivity contribution in [1.82, 2.24) is 9.97 Å². The summed E-state index contributed by atoms with van der Waals surface area (Å²) < 4.78 is 0. The summed E-state index contributed by atoms with van der Waals surface area (Å²) in [7, 11) is 1.86. The van der Waals surface area contributed by atoms with E-state index in [1.807, 2.05) is 20.0 Å². The maximum Gasteiger partial charge on any atom is 0.132 e. The van der Waals surface area contributed by atoms with Gasteiger partial charge < -0.3 is 10.6 Å². The van der Waals surface area contributed by atoms with Crippen molar-refractivity contribution in [2.45, 2.75) is 20.4 Å². The number of hydrogen-bond acceptors (Lipinski definition) is 5. The van der Waals surface area contributed by atoms with Crippen LogP contribution in [0.3, 0.4) is 0 Å². The van der Waals surface area contributed by atoms with Gasteiger partial charge in [0.15, 0.2) is 0 Å². The largest absolute Gasteiger partial charge is 0.373 e. The van der Waals surface area contributed by atoms with Gasteiger partial charge in [-0.3, -0.25) is 0 Å². The fraction of sp³-hybridized carbons (Fsp3) is 0.333. The number of anilines is 2. The lowest BCUT2D eigenvalue weighted by atomic mass is 10.2. The highest BCUT2D eigenvalue weighted by molar-refractivity contribution is 7.08. The molecule has 0 unspecified atom stereocenters. The summed E-state index contributed by atoms with van der Waals surface area (Å²) in [5.74, 6) is 2.45. The van der Waals surface area contributed by atoms with Crippen LogP contribution in [0, 0.1) is 13.8 Å². The molecule has 0 aliphatic carbocycles. The first-order chi connectivity index (χ1) is 8.19. The molecule has 0 bridgehead atoms. The van der Waals surface area contributed by atoms with Gasteiger partial charge in [-0.25, -0.2) is 9.97 Å². The van der Waals surface area contributed by atoms with Gasteiger partial charge in [0.1, 0.15) is 17.5 Å². The van der Waals surface area contributed by atoms with Gasteiger partial charge in [0.05, 0.1) is 0 Å². The topological polar surface area (TPSA) is 49.8 Å². The Morgan fingerprint density at radius 2 is 1.94 bits per heavy atom. The normalized spacial score (nSPS) is 10.3. The molecule has 0 radical (unpaired) electrons. The molecule has 2 aromatic rings. The van der Waals surface area contributed by atoms with E-state index in [1.54, 1.807) is 11.3 Å². The van der Waals surface area contributed by atoms with Crippen LogP contribution < -0.4 is 10.6 Å². The summed E-state index contributed by atoms with van der Waals surface area (Å²) in [6.07, 6.45) is 0. The summed E-state index contributed by atoms with van der Waals surface area (Å²) >= 11 is 1.73. The molecular formula is C12H16N4S. The molecule has 0 aliphatic heterocycles. The maximum absolute atomic E-state index is 4.35. The molecule has 2 rings (SSSR count). The molecule has 2 heterocycles. The fourth-order valence-corrected chi connectivity index (χ4v) is 2.40. The zero-order chi connectivity index (χ0) is 12.3. The molecule has 5 heteroatoms. The molecule has 0 fully saturated rings. The molecular weight excluding hydrogens is 232 g/mol. The number of nitrogens with zero attached hydrogens (tertiary/aromatic N) is 2. The average Bonchev–Trinajstić information content (AvgIpc) is 2.71. The van der Waals surface area contributed by atoms with E-state index >= 15 is 0 Å². The standard InChI is InChI=1S/C12H16N4S/c1-8-6-17-7-10(8)5-14-12-4-11(13-3)15-9(2)16-12/h4,6-7H,5H2,1-3H3,(H2,13,14,15,16). The van der Waals surface area contributed by atoms with Gasteiger partial charge in [0.25, 0.3) is 0 Å². The molecule has 0 atom stereocenters. The monoisotopic (exact) mass is 248 g/mol. The number of aromatic nitrogens is 2. The summed E-state index contributed by atoms with van der Waals surface area (Å²) in [4.78, 5) is 8.61. The van der Waals surface area contributed by atoms with Crippen LogP contribution in [-0.2, 0) is 6.54 Å². The van der Waals surface area contributed by atoms with E-state index in [2.05, 4.69) is 38.3 Å². The van der Waals surface area contributed by atoms with Crippen LogP contribution in [0.5, 0.6) is 0 Å². The van der Waals surface area contributed by atoms with Gasteiger partial charge >= 0.3 is 0 Å². The molecule has 0 spiro atoms. The van der Waals surface area contributed by atoms with Gasteiger partial charge in [-0.1, -0.05) is 0 Å². The van der Waals surface area contributed by atoms with Crippen molar-refractivity contribution in [2.75, 3.05) is 17.7 Å². The lowest BCUT2D eigenvalue weighted by molar-refractivity contribution is 1.02. The summed E-state index contributed by atoms with van der Waals surface area (Å²) in [5, 5.41) is 10.7. The average molecular weight is 248 g/mol. The van der Waals surface area contributed by atoms with Crippen molar-refractivity contribution in [3.8, 4) is 0 Å². The Morgan fingerprint density at radius 3 is 2.59 bits per heavy atom. The van der Waals surface area contributed by atoms with Crippen molar-refractivity contribution < 1.29 is 0 Å². The molecule has 17 heavy (non-hydrogen) atoms. The van der Waals surface area contributed by atoms with Crippen molar-refractivity contribution in [2.24, 2.45) is 0 Å². The predicted molar refractivity (Wildman–Crippen MR) is 72.7 cm³/mol. The van der Waals surface area contributed by atoms with E-state index in [0.717, 1.165) is 24.0 Å². The van der Waals surface area contributed by atoms with Crippen LogP contribution >= 0.6 is 11.3 Å². The third-order valence-corrected chi connectivity index (χ3v) is 3.43. The highest BCUT2D eigenvalue weighted by Gasteiger charge is 2.02. The molecule has 0 aliphatic rings. The molecule has 4 nitrogen and oxygen atoms in total. The van der Waals surface area contributed by atoms with E-state index < -0.39 is 0 Å². The zero-order valence-corrected chi connectivity index (χ0v) is 11.1. The zero-order valence-electron chi connectivity index (χ0n) is 10.2. The highest BCUT2D eigenvalue weighted by Crippen LogP contribution is 2.16. The van der Waals surface area contributed by atoms with E-state index in [-0.39, 0.29) is 0 Å². The van der Waals surface area contributed by atoms with Crippen LogP contribution in [0.2, 0.25) is 0 Å². The Bertz CT molecular complexity index is 507. The lowest BCUT2D eigenvalue weighted by Gasteiger charge is -2.08. The van der Waals surface area contributed by atoms with E-state index in [1.165, 1.54) is 11.1 Å². The Balaban J connectivity index is 2.09. The summed E-state index contributed by atoms with van der Waals surface area (Å²) in [6, 6.07) is 1.91. The first-order valence-electron chi connectivity index (χ1n) is 5.48. The number of hydrogen-bond donors (Lipinski definition) is 2. The predicted octanol–water partition coefficient (Wildman–Crippen LogP) is 2.81. The molecule has 2 N–H and O–H groups in total.